The third-order valence-corrected chi connectivity index (χ3v) is 9.05. The molecule has 0 bridgehead atoms. The summed E-state index contributed by atoms with van der Waals surface area (Å²) < 4.78 is 37.6. The summed E-state index contributed by atoms with van der Waals surface area (Å²) >= 11 is 0. The molecule has 0 amide bonds. The van der Waals surface area contributed by atoms with E-state index in [0.717, 1.165) is 44.8 Å². The van der Waals surface area contributed by atoms with E-state index >= 15 is 0 Å². The molecule has 4 heterocycles. The van der Waals surface area contributed by atoms with Gasteiger partial charge in [0.15, 0.2) is 0 Å². The summed E-state index contributed by atoms with van der Waals surface area (Å²) in [5.74, 6) is 2.18. The topological polar surface area (TPSA) is 79.9 Å². The van der Waals surface area contributed by atoms with Gasteiger partial charge in [-0.25, -0.2) is 13.8 Å². The first-order valence-electron chi connectivity index (χ1n) is 12.5. The van der Waals surface area contributed by atoms with Crippen LogP contribution in [0.2, 0.25) is 0 Å². The highest BCUT2D eigenvalue weighted by molar-refractivity contribution is 7.87. The maximum Gasteiger partial charge on any atom is 0.263 e. The van der Waals surface area contributed by atoms with E-state index in [1.54, 1.807) is 6.07 Å². The number of nitrogens with two attached hydrogens (primary N) is 1. The molecular weight excluding hydrogens is 482 g/mol. The summed E-state index contributed by atoms with van der Waals surface area (Å²) in [4.78, 5) is 15.4. The molecule has 2 unspecified atom stereocenters. The minimum absolute atomic E-state index is 0.0200. The van der Waals surface area contributed by atoms with Crippen LogP contribution in [-0.2, 0) is 22.0 Å². The third kappa shape index (κ3) is 4.69. The van der Waals surface area contributed by atoms with E-state index in [-0.39, 0.29) is 28.4 Å². The van der Waals surface area contributed by atoms with Crippen molar-refractivity contribution in [2.45, 2.75) is 42.9 Å². The molecule has 0 radical (unpaired) electrons. The standard InChI is InChI=1S/C26H30F2N6OS/c27-24(28)17-5-6-22-21(13-17)25(33-9-7-19(29)16-33)32-26(31-22)34-10-12-36(30-14-20-8-11-35-20)23-4-2-1-3-18(23)15-34/h1-6,13,19-20,24H,7-12,14-16,29H2/t19-,20?,36?/m0/s1. The van der Waals surface area contributed by atoms with Crippen molar-refractivity contribution in [2.24, 2.45) is 10.1 Å². The van der Waals surface area contributed by atoms with Crippen LogP contribution in [0.5, 0.6) is 0 Å². The van der Waals surface area contributed by atoms with Gasteiger partial charge in [0.05, 0.1) is 18.2 Å². The fourth-order valence-corrected chi connectivity index (χ4v) is 6.88. The van der Waals surface area contributed by atoms with E-state index in [4.69, 9.17) is 24.8 Å². The monoisotopic (exact) mass is 512 g/mol. The fraction of sp³-hybridized carbons (Fsp3) is 0.462. The number of ether oxygens (including phenoxy) is 1. The number of halogens is 2. The first kappa shape index (κ1) is 23.7. The van der Waals surface area contributed by atoms with Gasteiger partial charge in [-0.3, -0.25) is 4.36 Å². The highest BCUT2D eigenvalue weighted by Crippen LogP contribution is 2.33. The summed E-state index contributed by atoms with van der Waals surface area (Å²) in [6.45, 7) is 4.40. The lowest BCUT2D eigenvalue weighted by Crippen LogP contribution is -2.30. The van der Waals surface area contributed by atoms with Gasteiger partial charge in [-0.1, -0.05) is 35.0 Å². The highest BCUT2D eigenvalue weighted by atomic mass is 32.2. The van der Waals surface area contributed by atoms with Gasteiger partial charge in [0.1, 0.15) is 5.82 Å². The molecule has 2 aromatic carbocycles. The Morgan fingerprint density at radius 1 is 1.11 bits per heavy atom. The lowest BCUT2D eigenvalue weighted by Gasteiger charge is -2.25. The summed E-state index contributed by atoms with van der Waals surface area (Å²) in [5.41, 5.74) is 8.05. The van der Waals surface area contributed by atoms with E-state index < -0.39 is 6.43 Å². The summed E-state index contributed by atoms with van der Waals surface area (Å²) in [7, 11) is -0.230. The van der Waals surface area contributed by atoms with Crippen molar-refractivity contribution in [1.29, 1.82) is 0 Å². The molecule has 0 aliphatic carbocycles. The molecule has 6 rings (SSSR count). The normalized spacial score (nSPS) is 24.3. The predicted octanol–water partition coefficient (Wildman–Crippen LogP) is 4.07. The Morgan fingerprint density at radius 3 is 2.72 bits per heavy atom. The minimum Gasteiger partial charge on any atom is -0.376 e. The Labute approximate surface area is 211 Å². The van der Waals surface area contributed by atoms with Crippen LogP contribution in [0.1, 0.15) is 30.4 Å². The van der Waals surface area contributed by atoms with Crippen LogP contribution in [0.25, 0.3) is 10.9 Å². The molecule has 2 N–H and O–H groups in total. The molecule has 190 valence electrons. The second-order valence-corrected chi connectivity index (χ2v) is 11.4. The Morgan fingerprint density at radius 2 is 1.97 bits per heavy atom. The largest absolute Gasteiger partial charge is 0.376 e. The van der Waals surface area contributed by atoms with Crippen LogP contribution >= 0.6 is 0 Å². The second-order valence-electron chi connectivity index (χ2n) is 9.61. The fourth-order valence-electron chi connectivity index (χ4n) is 4.98. The van der Waals surface area contributed by atoms with Gasteiger partial charge in [-0.15, -0.1) is 0 Å². The quantitative estimate of drug-likeness (QED) is 0.555. The Hall–Kier alpha value is -2.69. The third-order valence-electron chi connectivity index (χ3n) is 7.12. The number of nitrogens with zero attached hydrogens (tertiary/aromatic N) is 5. The number of rotatable bonds is 5. The van der Waals surface area contributed by atoms with Crippen molar-refractivity contribution in [1.82, 2.24) is 9.97 Å². The van der Waals surface area contributed by atoms with Gasteiger partial charge < -0.3 is 20.3 Å². The molecule has 0 spiro atoms. The van der Waals surface area contributed by atoms with Crippen LogP contribution in [0.3, 0.4) is 0 Å². The summed E-state index contributed by atoms with van der Waals surface area (Å²) in [5, 5.41) is 0.649. The molecule has 2 saturated heterocycles. The smallest absolute Gasteiger partial charge is 0.263 e. The maximum atomic E-state index is 13.5. The number of anilines is 2. The van der Waals surface area contributed by atoms with E-state index in [1.165, 1.54) is 22.6 Å². The average molecular weight is 513 g/mol. The molecule has 0 saturated carbocycles. The minimum atomic E-state index is -2.54. The molecule has 3 aliphatic rings. The first-order valence-corrected chi connectivity index (χ1v) is 13.8. The van der Waals surface area contributed by atoms with Crippen molar-refractivity contribution in [3.05, 3.63) is 53.6 Å². The van der Waals surface area contributed by atoms with Gasteiger partial charge in [0.2, 0.25) is 5.95 Å². The number of fused-ring (bicyclic) bond motifs is 2. The van der Waals surface area contributed by atoms with Crippen LogP contribution in [0.4, 0.5) is 20.5 Å². The van der Waals surface area contributed by atoms with Crippen LogP contribution < -0.4 is 15.5 Å². The number of hydrogen-bond donors (Lipinski definition) is 1. The maximum absolute atomic E-state index is 13.5. The zero-order valence-electron chi connectivity index (χ0n) is 20.0. The highest BCUT2D eigenvalue weighted by Gasteiger charge is 2.27. The second kappa shape index (κ2) is 9.99. The van der Waals surface area contributed by atoms with Crippen molar-refractivity contribution < 1.29 is 13.5 Å². The molecule has 36 heavy (non-hydrogen) atoms. The molecule has 3 aliphatic heterocycles. The van der Waals surface area contributed by atoms with Gasteiger partial charge in [0.25, 0.3) is 6.43 Å². The lowest BCUT2D eigenvalue weighted by atomic mass is 10.1. The molecular formula is C26H30F2N6OS. The summed E-state index contributed by atoms with van der Waals surface area (Å²) in [6, 6.07) is 13.2. The van der Waals surface area contributed by atoms with E-state index in [9.17, 15) is 8.78 Å². The summed E-state index contributed by atoms with van der Waals surface area (Å²) in [6.07, 6.45) is -0.367. The Balaban J connectivity index is 1.38. The molecule has 3 atom stereocenters. The number of hydrogen-bond acceptors (Lipinski definition) is 7. The lowest BCUT2D eigenvalue weighted by molar-refractivity contribution is -0.0429. The Kier molecular flexibility index (Phi) is 6.57. The molecule has 1 aromatic heterocycles. The molecule has 3 aromatic rings. The average Bonchev–Trinajstić information content (AvgIpc) is 3.20. The number of alkyl halides is 2. The zero-order valence-corrected chi connectivity index (χ0v) is 20.8. The van der Waals surface area contributed by atoms with E-state index in [2.05, 4.69) is 34.1 Å². The van der Waals surface area contributed by atoms with Gasteiger partial charge >= 0.3 is 0 Å². The molecule has 2 fully saturated rings. The van der Waals surface area contributed by atoms with Crippen LogP contribution in [0, 0.1) is 0 Å². The SMILES string of the molecule is N[C@H]1CCN(c2nc(N3CCS(=NCC4CCO4)c4ccccc4C3)nc3ccc(C(F)F)cc23)C1. The Bertz CT molecular complexity index is 1300. The van der Waals surface area contributed by atoms with Gasteiger partial charge in [-0.2, -0.15) is 4.98 Å². The molecule has 10 heteroatoms. The van der Waals surface area contributed by atoms with Crippen LogP contribution in [-0.4, -0.2) is 60.7 Å². The van der Waals surface area contributed by atoms with Crippen molar-refractivity contribution in [3.8, 4) is 0 Å². The zero-order chi connectivity index (χ0) is 24.6. The first-order chi connectivity index (χ1) is 17.5. The van der Waals surface area contributed by atoms with E-state index in [1.807, 2.05) is 0 Å². The number of aromatic nitrogens is 2. The van der Waals surface area contributed by atoms with Crippen molar-refractivity contribution in [2.75, 3.05) is 48.3 Å². The van der Waals surface area contributed by atoms with Crippen molar-refractivity contribution in [3.63, 3.8) is 0 Å². The molecule has 7 nitrogen and oxygen atoms in total. The predicted molar refractivity (Wildman–Crippen MR) is 139 cm³/mol. The van der Waals surface area contributed by atoms with E-state index in [0.29, 0.717) is 35.8 Å². The van der Waals surface area contributed by atoms with Crippen LogP contribution in [0.15, 0.2) is 51.7 Å². The van der Waals surface area contributed by atoms with Gasteiger partial charge in [0, 0.05) is 60.4 Å². The van der Waals surface area contributed by atoms with Crippen molar-refractivity contribution >= 4 is 33.4 Å². The number of benzene rings is 2. The van der Waals surface area contributed by atoms with Gasteiger partial charge in [-0.05, 0) is 36.6 Å².